The predicted octanol–water partition coefficient (Wildman–Crippen LogP) is 23.1. The van der Waals surface area contributed by atoms with Gasteiger partial charge < -0.3 is 0 Å². The number of benzene rings is 4. The van der Waals surface area contributed by atoms with E-state index in [0.29, 0.717) is 0 Å². The Morgan fingerprint density at radius 1 is 0.333 bits per heavy atom. The molecule has 0 saturated carbocycles. The third-order valence-corrected chi connectivity index (χ3v) is 23.0. The standard InChI is InChI=1S/C21H24N2S2.C20H21BrN2S.C20H21ClN2S.C20H22N2S/c1-5-15-7-9-16(10-8-15)13-18-17(6-2)14(3)22-21(23-18)19-11-12-20(24-4)25-19;2*1-4-14-6-8-15(9-7-14)12-17-16(5-2)13(3)22-20(23-17)18-10-11-19(21)24-18;1-4-15-8-10-16(11-9-15)13-18-17(5-2)14(3)21-20(22-18)19-7-6-12-23-19/h7-12H,5-6,13H2,1-4H3;2*6-11H,4-5,12H2,1-3H3;6-12H,4-5,13H2,1-3H3. The number of aromatic nitrogens is 8. The number of nitrogens with zero attached hydrogens (tertiary/aromatic N) is 8. The summed E-state index contributed by atoms with van der Waals surface area (Å²) < 4.78 is 3.17. The average Bonchev–Trinajstić information content (AvgIpc) is 1.35. The Morgan fingerprint density at radius 3 is 0.896 bits per heavy atom. The van der Waals surface area contributed by atoms with Crippen molar-refractivity contribution in [3.05, 3.63) is 271 Å². The second-order valence-corrected chi connectivity index (χ2v) is 30.9. The van der Waals surface area contributed by atoms with Crippen LogP contribution in [0, 0.1) is 27.7 Å². The van der Waals surface area contributed by atoms with E-state index in [0.717, 1.165) is 174 Å². The van der Waals surface area contributed by atoms with Crippen LogP contribution in [0.2, 0.25) is 4.34 Å². The summed E-state index contributed by atoms with van der Waals surface area (Å²) in [5.41, 5.74) is 24.7. The third kappa shape index (κ3) is 19.7. The maximum absolute atomic E-state index is 6.07. The van der Waals surface area contributed by atoms with Gasteiger partial charge in [0.05, 0.1) is 54.6 Å². The fraction of sp³-hybridized carbons (Fsp3) is 0.309. The summed E-state index contributed by atoms with van der Waals surface area (Å²) in [7, 11) is 0. The van der Waals surface area contributed by atoms with Gasteiger partial charge in [0, 0.05) is 48.5 Å². The summed E-state index contributed by atoms with van der Waals surface area (Å²) in [5.74, 6) is 3.33. The molecular formula is C81H88BrClN8S5. The molecule has 8 nitrogen and oxygen atoms in total. The van der Waals surface area contributed by atoms with Gasteiger partial charge in [-0.3, -0.25) is 0 Å². The molecule has 8 aromatic heterocycles. The third-order valence-electron chi connectivity index (χ3n) is 17.2. The van der Waals surface area contributed by atoms with Crippen LogP contribution in [-0.4, -0.2) is 46.1 Å². The van der Waals surface area contributed by atoms with E-state index in [1.807, 2.05) is 12.1 Å². The number of hydrogen-bond acceptors (Lipinski definition) is 13. The lowest BCUT2D eigenvalue weighted by Crippen LogP contribution is -2.05. The highest BCUT2D eigenvalue weighted by molar-refractivity contribution is 9.11. The van der Waals surface area contributed by atoms with Crippen LogP contribution in [0.3, 0.4) is 0 Å². The van der Waals surface area contributed by atoms with E-state index in [1.165, 1.54) is 82.3 Å². The van der Waals surface area contributed by atoms with Gasteiger partial charge in [0.2, 0.25) is 0 Å². The quantitative estimate of drug-likeness (QED) is 0.0651. The van der Waals surface area contributed by atoms with Crippen molar-refractivity contribution in [2.75, 3.05) is 6.26 Å². The van der Waals surface area contributed by atoms with Crippen molar-refractivity contribution in [1.82, 2.24) is 39.9 Å². The van der Waals surface area contributed by atoms with Crippen LogP contribution < -0.4 is 0 Å². The van der Waals surface area contributed by atoms with E-state index in [2.05, 4.69) is 244 Å². The Morgan fingerprint density at radius 2 is 0.635 bits per heavy atom. The lowest BCUT2D eigenvalue weighted by molar-refractivity contribution is 0.926. The fourth-order valence-electron chi connectivity index (χ4n) is 11.7. The Labute approximate surface area is 604 Å². The minimum absolute atomic E-state index is 0.766. The molecule has 0 spiro atoms. The van der Waals surface area contributed by atoms with E-state index in [1.54, 1.807) is 45.8 Å². The van der Waals surface area contributed by atoms with Crippen molar-refractivity contribution in [1.29, 1.82) is 0 Å². The number of aryl methyl sites for hydroxylation is 8. The number of thioether (sulfide) groups is 1. The Hall–Kier alpha value is -6.88. The van der Waals surface area contributed by atoms with E-state index in [4.69, 9.17) is 51.5 Å². The summed E-state index contributed by atoms with van der Waals surface area (Å²) in [5, 5.41) is 2.07. The first-order valence-corrected chi connectivity index (χ1v) is 39.2. The van der Waals surface area contributed by atoms with Crippen LogP contribution in [-0.2, 0) is 77.0 Å². The molecule has 8 heterocycles. The van der Waals surface area contributed by atoms with Crippen molar-refractivity contribution < 1.29 is 0 Å². The molecule has 496 valence electrons. The molecule has 96 heavy (non-hydrogen) atoms. The lowest BCUT2D eigenvalue weighted by Gasteiger charge is -2.12. The van der Waals surface area contributed by atoms with Gasteiger partial charge in [-0.25, -0.2) is 39.9 Å². The van der Waals surface area contributed by atoms with Crippen LogP contribution in [0.5, 0.6) is 0 Å². The smallest absolute Gasteiger partial charge is 0.169 e. The van der Waals surface area contributed by atoms with E-state index in [-0.39, 0.29) is 0 Å². The van der Waals surface area contributed by atoms with Crippen LogP contribution >= 0.6 is 84.6 Å². The maximum Gasteiger partial charge on any atom is 0.169 e. The second kappa shape index (κ2) is 36.1. The van der Waals surface area contributed by atoms with Crippen molar-refractivity contribution in [2.45, 2.75) is 164 Å². The Kier molecular flexibility index (Phi) is 27.6. The minimum atomic E-state index is 0.766. The van der Waals surface area contributed by atoms with E-state index < -0.39 is 0 Å². The van der Waals surface area contributed by atoms with Gasteiger partial charge in [-0.2, -0.15) is 0 Å². The summed E-state index contributed by atoms with van der Waals surface area (Å²) in [6.45, 7) is 25.8. The molecule has 0 amide bonds. The number of hydrogen-bond donors (Lipinski definition) is 0. The normalized spacial score (nSPS) is 11.0. The second-order valence-electron chi connectivity index (χ2n) is 23.5. The lowest BCUT2D eigenvalue weighted by atomic mass is 10.0. The molecule has 15 heteroatoms. The Balaban J connectivity index is 0.000000150. The highest BCUT2D eigenvalue weighted by Gasteiger charge is 2.19. The summed E-state index contributed by atoms with van der Waals surface area (Å²) >= 11 is 18.0. The molecule has 12 aromatic rings. The largest absolute Gasteiger partial charge is 0.232 e. The van der Waals surface area contributed by atoms with Crippen LogP contribution in [0.1, 0.15) is 168 Å². The summed E-state index contributed by atoms with van der Waals surface area (Å²) in [4.78, 5) is 43.0. The number of rotatable bonds is 21. The van der Waals surface area contributed by atoms with Gasteiger partial charge in [0.15, 0.2) is 23.3 Å². The molecule has 12 rings (SSSR count). The van der Waals surface area contributed by atoms with Gasteiger partial charge >= 0.3 is 0 Å². The topological polar surface area (TPSA) is 103 Å². The highest BCUT2D eigenvalue weighted by Crippen LogP contribution is 2.35. The predicted molar refractivity (Wildman–Crippen MR) is 417 cm³/mol. The maximum atomic E-state index is 6.07. The molecule has 0 fully saturated rings. The van der Waals surface area contributed by atoms with Crippen molar-refractivity contribution >= 4 is 84.6 Å². The Bertz CT molecular complexity index is 4300. The van der Waals surface area contributed by atoms with Gasteiger partial charge in [0.25, 0.3) is 0 Å². The average molecular weight is 1450 g/mol. The van der Waals surface area contributed by atoms with E-state index >= 15 is 0 Å². The monoisotopic (exact) mass is 1450 g/mol. The van der Waals surface area contributed by atoms with Crippen molar-refractivity contribution in [3.63, 3.8) is 0 Å². The SMILES string of the molecule is CCc1ccc(Cc2nc(-c3ccc(Br)s3)nc(C)c2CC)cc1.CCc1ccc(Cc2nc(-c3ccc(Cl)s3)nc(C)c2CC)cc1.CCc1ccc(Cc2nc(-c3ccc(SC)s3)nc(C)c2CC)cc1.CCc1ccc(Cc2nc(-c3cccs3)nc(C)c2CC)cc1. The fourth-order valence-corrected chi connectivity index (χ4v) is 16.1. The van der Waals surface area contributed by atoms with Gasteiger partial charge in [-0.15, -0.1) is 57.1 Å². The van der Waals surface area contributed by atoms with E-state index in [9.17, 15) is 0 Å². The van der Waals surface area contributed by atoms with Crippen LogP contribution in [0.4, 0.5) is 0 Å². The first-order chi connectivity index (χ1) is 46.5. The number of halogens is 2. The van der Waals surface area contributed by atoms with Crippen molar-refractivity contribution in [3.8, 4) is 42.8 Å². The zero-order valence-electron chi connectivity index (χ0n) is 57.8. The molecule has 0 aliphatic heterocycles. The first kappa shape index (κ1) is 73.4. The summed E-state index contributed by atoms with van der Waals surface area (Å²) in [6.07, 6.45) is 13.7. The van der Waals surface area contributed by atoms with Gasteiger partial charge in [-0.05, 0) is 216 Å². The van der Waals surface area contributed by atoms with Gasteiger partial charge in [-0.1, -0.05) is 170 Å². The molecule has 0 aliphatic rings. The first-order valence-electron chi connectivity index (χ1n) is 33.5. The molecule has 0 bridgehead atoms. The molecule has 0 N–H and O–H groups in total. The molecular weight excluding hydrogens is 1360 g/mol. The number of thiophene rings is 4. The van der Waals surface area contributed by atoms with Crippen molar-refractivity contribution in [2.24, 2.45) is 0 Å². The highest BCUT2D eigenvalue weighted by atomic mass is 79.9. The molecule has 4 aromatic carbocycles. The molecule has 0 aliphatic carbocycles. The minimum Gasteiger partial charge on any atom is -0.232 e. The molecule has 0 radical (unpaired) electrons. The van der Waals surface area contributed by atoms with Gasteiger partial charge in [0.1, 0.15) is 0 Å². The summed E-state index contributed by atoms with van der Waals surface area (Å²) in [6, 6.07) is 51.9. The molecule has 0 saturated heterocycles. The zero-order chi connectivity index (χ0) is 68.3. The molecule has 0 unspecified atom stereocenters. The molecule has 0 atom stereocenters. The zero-order valence-corrected chi connectivity index (χ0v) is 64.2. The van der Waals surface area contributed by atoms with Crippen LogP contribution in [0.25, 0.3) is 42.8 Å². The van der Waals surface area contributed by atoms with Crippen LogP contribution in [0.15, 0.2) is 159 Å².